The van der Waals surface area contributed by atoms with Crippen LogP contribution in [-0.2, 0) is 0 Å². The molecule has 0 radical (unpaired) electrons. The molecular weight excluding hydrogens is 358 g/mol. The Morgan fingerprint density at radius 1 is 0.893 bits per heavy atom. The molecule has 28 heavy (non-hydrogen) atoms. The lowest BCUT2D eigenvalue weighted by molar-refractivity contribution is -0.385. The van der Waals surface area contributed by atoms with Gasteiger partial charge in [-0.1, -0.05) is 42.5 Å². The van der Waals surface area contributed by atoms with Crippen LogP contribution in [0.5, 0.6) is 5.75 Å². The number of carbonyl (C=O) groups excluding carboxylic acids is 2. The standard InChI is InChI=1S/C22H17NO5/c1-15-7-8-18(13-20(15)23(26)27)21(24)14-28-19-11-9-17(10-12-19)22(25)16-5-3-2-4-6-16/h2-13H,14H2,1H3. The lowest BCUT2D eigenvalue weighted by Gasteiger charge is -2.07. The number of Topliss-reactive ketones (excluding diaryl/α,β-unsaturated/α-hetero) is 1. The number of ether oxygens (including phenoxy) is 1. The first-order chi connectivity index (χ1) is 13.5. The molecule has 0 atom stereocenters. The number of hydrogen-bond donors (Lipinski definition) is 0. The quantitative estimate of drug-likeness (QED) is 0.347. The van der Waals surface area contributed by atoms with Gasteiger partial charge in [-0.25, -0.2) is 0 Å². The molecule has 0 aliphatic carbocycles. The van der Waals surface area contributed by atoms with E-state index in [4.69, 9.17) is 4.74 Å². The van der Waals surface area contributed by atoms with E-state index in [1.165, 1.54) is 18.2 Å². The molecule has 0 N–H and O–H groups in total. The van der Waals surface area contributed by atoms with Crippen molar-refractivity contribution in [2.75, 3.05) is 6.61 Å². The minimum absolute atomic E-state index is 0.102. The van der Waals surface area contributed by atoms with Crippen molar-refractivity contribution in [1.82, 2.24) is 0 Å². The third kappa shape index (κ3) is 4.29. The van der Waals surface area contributed by atoms with E-state index in [1.54, 1.807) is 55.5 Å². The summed E-state index contributed by atoms with van der Waals surface area (Å²) in [4.78, 5) is 35.1. The van der Waals surface area contributed by atoms with Crippen LogP contribution < -0.4 is 4.74 Å². The summed E-state index contributed by atoms with van der Waals surface area (Å²) in [7, 11) is 0. The zero-order chi connectivity index (χ0) is 20.1. The second-order valence-electron chi connectivity index (χ2n) is 6.19. The smallest absolute Gasteiger partial charge is 0.273 e. The largest absolute Gasteiger partial charge is 0.485 e. The average Bonchev–Trinajstić information content (AvgIpc) is 2.72. The van der Waals surface area contributed by atoms with Crippen LogP contribution >= 0.6 is 0 Å². The van der Waals surface area contributed by atoms with Gasteiger partial charge in [0.05, 0.1) is 4.92 Å². The molecule has 3 aromatic rings. The topological polar surface area (TPSA) is 86.5 Å². The number of aryl methyl sites for hydroxylation is 1. The first-order valence-corrected chi connectivity index (χ1v) is 8.56. The van der Waals surface area contributed by atoms with Crippen LogP contribution in [-0.4, -0.2) is 23.1 Å². The fourth-order valence-electron chi connectivity index (χ4n) is 2.67. The molecule has 140 valence electrons. The molecule has 6 nitrogen and oxygen atoms in total. The number of hydrogen-bond acceptors (Lipinski definition) is 5. The third-order valence-electron chi connectivity index (χ3n) is 4.25. The number of carbonyl (C=O) groups is 2. The van der Waals surface area contributed by atoms with Crippen LogP contribution in [0.25, 0.3) is 0 Å². The molecule has 0 aliphatic rings. The van der Waals surface area contributed by atoms with Crippen LogP contribution in [0.4, 0.5) is 5.69 Å². The Bertz CT molecular complexity index is 1030. The number of rotatable bonds is 7. The third-order valence-corrected chi connectivity index (χ3v) is 4.25. The maximum absolute atomic E-state index is 12.4. The molecule has 0 aromatic heterocycles. The SMILES string of the molecule is Cc1ccc(C(=O)COc2ccc(C(=O)c3ccccc3)cc2)cc1[N+](=O)[O-]. The molecule has 0 aliphatic heterocycles. The van der Waals surface area contributed by atoms with E-state index in [-0.39, 0.29) is 29.4 Å². The van der Waals surface area contributed by atoms with E-state index in [1.807, 2.05) is 6.07 Å². The highest BCUT2D eigenvalue weighted by Crippen LogP contribution is 2.20. The van der Waals surface area contributed by atoms with Gasteiger partial charge in [0.25, 0.3) is 5.69 Å². The average molecular weight is 375 g/mol. The van der Waals surface area contributed by atoms with Crippen LogP contribution in [0.2, 0.25) is 0 Å². The highest BCUT2D eigenvalue weighted by Gasteiger charge is 2.15. The van der Waals surface area contributed by atoms with Gasteiger partial charge in [0.1, 0.15) is 5.75 Å². The monoisotopic (exact) mass is 375 g/mol. The minimum Gasteiger partial charge on any atom is -0.485 e. The molecular formula is C22H17NO5. The summed E-state index contributed by atoms with van der Waals surface area (Å²) in [5.74, 6) is -0.0395. The Morgan fingerprint density at radius 3 is 2.14 bits per heavy atom. The molecule has 3 rings (SSSR count). The van der Waals surface area contributed by atoms with E-state index in [0.717, 1.165) is 0 Å². The number of benzene rings is 3. The predicted molar refractivity (Wildman–Crippen MR) is 104 cm³/mol. The van der Waals surface area contributed by atoms with Crippen molar-refractivity contribution in [3.8, 4) is 5.75 Å². The van der Waals surface area contributed by atoms with E-state index in [2.05, 4.69) is 0 Å². The Morgan fingerprint density at radius 2 is 1.50 bits per heavy atom. The summed E-state index contributed by atoms with van der Waals surface area (Å²) >= 11 is 0. The van der Waals surface area contributed by atoms with Crippen LogP contribution in [0.15, 0.2) is 72.8 Å². The predicted octanol–water partition coefficient (Wildman–Crippen LogP) is 4.40. The number of nitrogens with zero attached hydrogens (tertiary/aromatic N) is 1. The molecule has 0 fully saturated rings. The summed E-state index contributed by atoms with van der Waals surface area (Å²) in [6.07, 6.45) is 0. The summed E-state index contributed by atoms with van der Waals surface area (Å²) < 4.78 is 5.46. The van der Waals surface area contributed by atoms with E-state index < -0.39 is 4.92 Å². The Balaban J connectivity index is 1.65. The van der Waals surface area contributed by atoms with Crippen molar-refractivity contribution >= 4 is 17.3 Å². The Labute approximate surface area is 161 Å². The normalized spacial score (nSPS) is 10.3. The maximum Gasteiger partial charge on any atom is 0.273 e. The van der Waals surface area contributed by atoms with Crippen molar-refractivity contribution < 1.29 is 19.2 Å². The first-order valence-electron chi connectivity index (χ1n) is 8.56. The van der Waals surface area contributed by atoms with Gasteiger partial charge in [0, 0.05) is 28.3 Å². The molecule has 0 spiro atoms. The van der Waals surface area contributed by atoms with Crippen molar-refractivity contribution in [1.29, 1.82) is 0 Å². The molecule has 0 amide bonds. The van der Waals surface area contributed by atoms with Crippen molar-refractivity contribution in [3.05, 3.63) is 105 Å². The van der Waals surface area contributed by atoms with Gasteiger partial charge >= 0.3 is 0 Å². The van der Waals surface area contributed by atoms with Gasteiger partial charge in [0.15, 0.2) is 18.2 Å². The first kappa shape index (κ1) is 19.0. The molecule has 3 aromatic carbocycles. The van der Waals surface area contributed by atoms with Crippen LogP contribution in [0.3, 0.4) is 0 Å². The van der Waals surface area contributed by atoms with Crippen molar-refractivity contribution in [2.24, 2.45) is 0 Å². The lowest BCUT2D eigenvalue weighted by atomic mass is 10.0. The lowest BCUT2D eigenvalue weighted by Crippen LogP contribution is -2.12. The Hall–Kier alpha value is -3.80. The zero-order valence-electron chi connectivity index (χ0n) is 15.1. The molecule has 0 saturated carbocycles. The van der Waals surface area contributed by atoms with Gasteiger partial charge in [0.2, 0.25) is 0 Å². The Kier molecular flexibility index (Phi) is 5.60. The molecule has 0 heterocycles. The summed E-state index contributed by atoms with van der Waals surface area (Å²) in [6.45, 7) is 1.35. The van der Waals surface area contributed by atoms with Gasteiger partial charge in [-0.3, -0.25) is 19.7 Å². The second kappa shape index (κ2) is 8.26. The van der Waals surface area contributed by atoms with Gasteiger partial charge in [-0.2, -0.15) is 0 Å². The molecule has 0 bridgehead atoms. The van der Waals surface area contributed by atoms with E-state index >= 15 is 0 Å². The van der Waals surface area contributed by atoms with Crippen molar-refractivity contribution in [3.63, 3.8) is 0 Å². The maximum atomic E-state index is 12.4. The summed E-state index contributed by atoms with van der Waals surface area (Å²) in [6, 6.07) is 19.7. The molecule has 0 saturated heterocycles. The fraction of sp³-hybridized carbons (Fsp3) is 0.0909. The van der Waals surface area contributed by atoms with Crippen LogP contribution in [0, 0.1) is 17.0 Å². The summed E-state index contributed by atoms with van der Waals surface area (Å²) in [5.41, 5.74) is 1.70. The molecule has 6 heteroatoms. The second-order valence-corrected chi connectivity index (χ2v) is 6.19. The highest BCUT2D eigenvalue weighted by molar-refractivity contribution is 6.09. The van der Waals surface area contributed by atoms with Gasteiger partial charge in [-0.05, 0) is 31.2 Å². The van der Waals surface area contributed by atoms with Crippen molar-refractivity contribution in [2.45, 2.75) is 6.92 Å². The zero-order valence-corrected chi connectivity index (χ0v) is 15.1. The highest BCUT2D eigenvalue weighted by atomic mass is 16.6. The number of ketones is 2. The summed E-state index contributed by atoms with van der Waals surface area (Å²) in [5, 5.41) is 11.0. The van der Waals surface area contributed by atoms with Gasteiger partial charge in [-0.15, -0.1) is 0 Å². The molecule has 0 unspecified atom stereocenters. The van der Waals surface area contributed by atoms with E-state index in [0.29, 0.717) is 22.4 Å². The number of nitro benzene ring substituents is 1. The minimum atomic E-state index is -0.518. The number of nitro groups is 1. The fourth-order valence-corrected chi connectivity index (χ4v) is 2.67. The van der Waals surface area contributed by atoms with E-state index in [9.17, 15) is 19.7 Å². The van der Waals surface area contributed by atoms with Gasteiger partial charge < -0.3 is 4.74 Å². The van der Waals surface area contributed by atoms with Crippen LogP contribution in [0.1, 0.15) is 31.8 Å².